The number of halogens is 5. The molecule has 3 rings (SSSR count). The lowest BCUT2D eigenvalue weighted by Crippen LogP contribution is -2.15. The molecule has 0 saturated carbocycles. The van der Waals surface area contributed by atoms with Crippen molar-refractivity contribution >= 4 is 64.0 Å². The van der Waals surface area contributed by atoms with Crippen LogP contribution in [-0.4, -0.2) is 31.5 Å². The van der Waals surface area contributed by atoms with Crippen LogP contribution in [0.25, 0.3) is 11.4 Å². The zero-order valence-electron chi connectivity index (χ0n) is 13.5. The molecule has 140 valence electrons. The highest BCUT2D eigenvalue weighted by Gasteiger charge is 2.28. The second-order valence-corrected chi connectivity index (χ2v) is 8.40. The molecule has 0 bridgehead atoms. The fourth-order valence-electron chi connectivity index (χ4n) is 2.11. The van der Waals surface area contributed by atoms with Crippen molar-refractivity contribution in [3.05, 3.63) is 58.4 Å². The van der Waals surface area contributed by atoms with Crippen molar-refractivity contribution in [2.45, 2.75) is 10.2 Å². The first kappa shape index (κ1) is 20.3. The quantitative estimate of drug-likeness (QED) is 0.529. The minimum atomic E-state index is -1.81. The second-order valence-electron chi connectivity index (χ2n) is 5.31. The first-order chi connectivity index (χ1) is 12.8. The summed E-state index contributed by atoms with van der Waals surface area (Å²) in [6.07, 6.45) is 5.54. The highest BCUT2D eigenvalue weighted by atomic mass is 35.6. The van der Waals surface area contributed by atoms with E-state index < -0.39 is 3.79 Å². The van der Waals surface area contributed by atoms with E-state index >= 15 is 0 Å². The molecular weight excluding hydrogens is 453 g/mol. The summed E-state index contributed by atoms with van der Waals surface area (Å²) in [7, 11) is 0. The molecule has 0 aliphatic heterocycles. The van der Waals surface area contributed by atoms with Gasteiger partial charge in [0, 0.05) is 37.1 Å². The van der Waals surface area contributed by atoms with Crippen molar-refractivity contribution in [1.29, 1.82) is 0 Å². The van der Waals surface area contributed by atoms with E-state index in [1.54, 1.807) is 36.8 Å². The predicted octanol–water partition coefficient (Wildman–Crippen LogP) is 5.12. The standard InChI is InChI=1S/C16H11Cl5N6/c17-11-2-1-9(7-12(11)18)13-25-14(16(19,20)21)27-15(26-13)24-4-3-10-8-22-5-6-23-10/h1-2,5-8H,3-4H2,(H,24,25,26,27). The van der Waals surface area contributed by atoms with Gasteiger partial charge in [0.05, 0.1) is 15.7 Å². The second kappa shape index (κ2) is 8.71. The van der Waals surface area contributed by atoms with Crippen LogP contribution in [0.3, 0.4) is 0 Å². The summed E-state index contributed by atoms with van der Waals surface area (Å²) in [6.45, 7) is 0.503. The monoisotopic (exact) mass is 462 g/mol. The number of hydrogen-bond donors (Lipinski definition) is 1. The Kier molecular flexibility index (Phi) is 6.55. The van der Waals surface area contributed by atoms with Gasteiger partial charge in [-0.1, -0.05) is 58.0 Å². The first-order valence-corrected chi connectivity index (χ1v) is 9.49. The number of anilines is 1. The van der Waals surface area contributed by atoms with E-state index in [0.717, 1.165) is 5.69 Å². The molecule has 0 atom stereocenters. The van der Waals surface area contributed by atoms with Crippen LogP contribution in [0.2, 0.25) is 10.0 Å². The molecule has 0 radical (unpaired) electrons. The highest BCUT2D eigenvalue weighted by Crippen LogP contribution is 2.37. The average Bonchev–Trinajstić information content (AvgIpc) is 2.64. The van der Waals surface area contributed by atoms with Gasteiger partial charge in [-0.25, -0.2) is 4.98 Å². The Balaban J connectivity index is 1.87. The maximum atomic E-state index is 6.07. The molecule has 27 heavy (non-hydrogen) atoms. The van der Waals surface area contributed by atoms with E-state index in [-0.39, 0.29) is 11.8 Å². The summed E-state index contributed by atoms with van der Waals surface area (Å²) >= 11 is 29.9. The molecule has 1 aromatic carbocycles. The number of aromatic nitrogens is 5. The number of rotatable bonds is 5. The van der Waals surface area contributed by atoms with E-state index in [2.05, 4.69) is 30.2 Å². The van der Waals surface area contributed by atoms with Gasteiger partial charge in [0.25, 0.3) is 0 Å². The summed E-state index contributed by atoms with van der Waals surface area (Å²) in [5.41, 5.74) is 1.43. The van der Waals surface area contributed by atoms with E-state index in [9.17, 15) is 0 Å². The number of hydrogen-bond acceptors (Lipinski definition) is 6. The Morgan fingerprint density at radius 1 is 0.963 bits per heavy atom. The average molecular weight is 465 g/mol. The van der Waals surface area contributed by atoms with E-state index in [4.69, 9.17) is 58.0 Å². The Hall–Kier alpha value is -1.44. The Morgan fingerprint density at radius 2 is 1.78 bits per heavy atom. The number of alkyl halides is 3. The molecule has 6 nitrogen and oxygen atoms in total. The summed E-state index contributed by atoms with van der Waals surface area (Å²) in [4.78, 5) is 21.0. The van der Waals surface area contributed by atoms with Gasteiger partial charge < -0.3 is 5.32 Å². The highest BCUT2D eigenvalue weighted by molar-refractivity contribution is 6.66. The molecule has 0 aliphatic carbocycles. The Labute approximate surface area is 180 Å². The molecule has 1 N–H and O–H groups in total. The van der Waals surface area contributed by atoms with Gasteiger partial charge in [0.2, 0.25) is 9.74 Å². The largest absolute Gasteiger partial charge is 0.354 e. The normalized spacial score (nSPS) is 11.4. The maximum Gasteiger partial charge on any atom is 0.250 e. The maximum absolute atomic E-state index is 6.07. The number of nitrogens with one attached hydrogen (secondary N) is 1. The molecule has 11 heteroatoms. The van der Waals surface area contributed by atoms with Crippen LogP contribution in [0.1, 0.15) is 11.5 Å². The number of benzene rings is 1. The van der Waals surface area contributed by atoms with Gasteiger partial charge in [-0.15, -0.1) is 0 Å². The molecular formula is C16H11Cl5N6. The van der Waals surface area contributed by atoms with E-state index in [1.165, 1.54) is 0 Å². The fraction of sp³-hybridized carbons (Fsp3) is 0.188. The van der Waals surface area contributed by atoms with E-state index in [0.29, 0.717) is 34.4 Å². The molecule has 0 fully saturated rings. The number of nitrogens with zero attached hydrogens (tertiary/aromatic N) is 5. The minimum absolute atomic E-state index is 0.00873. The first-order valence-electron chi connectivity index (χ1n) is 7.60. The van der Waals surface area contributed by atoms with Gasteiger partial charge in [0.1, 0.15) is 0 Å². The van der Waals surface area contributed by atoms with Crippen molar-refractivity contribution in [3.63, 3.8) is 0 Å². The van der Waals surface area contributed by atoms with Crippen molar-refractivity contribution in [2.75, 3.05) is 11.9 Å². The lowest BCUT2D eigenvalue weighted by atomic mass is 10.2. The van der Waals surface area contributed by atoms with Crippen molar-refractivity contribution < 1.29 is 0 Å². The van der Waals surface area contributed by atoms with Crippen LogP contribution in [-0.2, 0) is 10.2 Å². The zero-order chi connectivity index (χ0) is 19.4. The Bertz CT molecular complexity index is 932. The minimum Gasteiger partial charge on any atom is -0.354 e. The molecule has 0 amide bonds. The molecule has 0 unspecified atom stereocenters. The van der Waals surface area contributed by atoms with Crippen LogP contribution < -0.4 is 5.32 Å². The van der Waals surface area contributed by atoms with Gasteiger partial charge in [-0.2, -0.15) is 9.97 Å². The van der Waals surface area contributed by atoms with Gasteiger partial charge >= 0.3 is 0 Å². The molecule has 2 aromatic heterocycles. The zero-order valence-corrected chi connectivity index (χ0v) is 17.3. The van der Waals surface area contributed by atoms with Gasteiger partial charge in [-0.05, 0) is 18.2 Å². The SMILES string of the molecule is Clc1ccc(-c2nc(NCCc3cnccn3)nc(C(Cl)(Cl)Cl)n2)cc1Cl. The molecule has 0 saturated heterocycles. The summed E-state index contributed by atoms with van der Waals surface area (Å²) < 4.78 is -1.81. The van der Waals surface area contributed by atoms with Crippen molar-refractivity contribution in [1.82, 2.24) is 24.9 Å². The van der Waals surface area contributed by atoms with Crippen LogP contribution in [0.15, 0.2) is 36.8 Å². The van der Waals surface area contributed by atoms with Crippen LogP contribution in [0.4, 0.5) is 5.95 Å². The van der Waals surface area contributed by atoms with E-state index in [1.807, 2.05) is 0 Å². The topological polar surface area (TPSA) is 76.5 Å². The smallest absolute Gasteiger partial charge is 0.250 e. The molecule has 2 heterocycles. The molecule has 0 spiro atoms. The third-order valence-corrected chi connectivity index (χ3v) is 4.59. The lowest BCUT2D eigenvalue weighted by molar-refractivity contribution is 0.889. The molecule has 0 aliphatic rings. The van der Waals surface area contributed by atoms with Gasteiger partial charge in [0.15, 0.2) is 11.6 Å². The summed E-state index contributed by atoms with van der Waals surface area (Å²) in [6, 6.07) is 4.99. The third kappa shape index (κ3) is 5.53. The molecule has 3 aromatic rings. The van der Waals surface area contributed by atoms with Crippen molar-refractivity contribution in [2.24, 2.45) is 0 Å². The van der Waals surface area contributed by atoms with Crippen molar-refractivity contribution in [3.8, 4) is 11.4 Å². The van der Waals surface area contributed by atoms with Crippen LogP contribution >= 0.6 is 58.0 Å². The summed E-state index contributed by atoms with van der Waals surface area (Å²) in [5.74, 6) is 0.550. The van der Waals surface area contributed by atoms with Crippen LogP contribution in [0.5, 0.6) is 0 Å². The lowest BCUT2D eigenvalue weighted by Gasteiger charge is -2.13. The predicted molar refractivity (Wildman–Crippen MR) is 109 cm³/mol. The van der Waals surface area contributed by atoms with Crippen LogP contribution in [0, 0.1) is 0 Å². The third-order valence-electron chi connectivity index (χ3n) is 3.35. The summed E-state index contributed by atoms with van der Waals surface area (Å²) in [5, 5.41) is 3.86. The Morgan fingerprint density at radius 3 is 2.44 bits per heavy atom. The fourth-order valence-corrected chi connectivity index (χ4v) is 2.66. The van der Waals surface area contributed by atoms with Gasteiger partial charge in [-0.3, -0.25) is 9.97 Å².